The van der Waals surface area contributed by atoms with Gasteiger partial charge in [0.05, 0.1) is 0 Å². The topological polar surface area (TPSA) is 20.2 Å². The third-order valence-corrected chi connectivity index (χ3v) is 2.03. The fourth-order valence-corrected chi connectivity index (χ4v) is 1.72. The predicted molar refractivity (Wildman–Crippen MR) is 52.9 cm³/mol. The molecule has 3 heteroatoms. The Morgan fingerprint density at radius 1 is 1.50 bits per heavy atom. The van der Waals surface area contributed by atoms with E-state index in [1.807, 2.05) is 0 Å². The van der Waals surface area contributed by atoms with E-state index in [-0.39, 0.29) is 0 Å². The van der Waals surface area contributed by atoms with Crippen LogP contribution < -0.4 is 0 Å². The Bertz CT molecular complexity index is 310. The highest BCUT2D eigenvalue weighted by atomic mass is 79.9. The van der Waals surface area contributed by atoms with Crippen LogP contribution in [-0.4, -0.2) is 5.11 Å². The first kappa shape index (κ1) is 9.60. The van der Waals surface area contributed by atoms with Crippen molar-refractivity contribution < 1.29 is 5.11 Å². The molecule has 0 radical (unpaired) electrons. The highest BCUT2D eigenvalue weighted by molar-refractivity contribution is 9.10. The van der Waals surface area contributed by atoms with Gasteiger partial charge in [0.15, 0.2) is 0 Å². The number of hydrogen-bond acceptors (Lipinski definition) is 1. The molecule has 0 heterocycles. The highest BCUT2D eigenvalue weighted by Crippen LogP contribution is 2.23. The molecule has 1 unspecified atom stereocenters. The second-order valence-corrected chi connectivity index (χ2v) is 3.62. The summed E-state index contributed by atoms with van der Waals surface area (Å²) in [7, 11) is 0. The van der Waals surface area contributed by atoms with Gasteiger partial charge >= 0.3 is 0 Å². The first-order chi connectivity index (χ1) is 5.63. The van der Waals surface area contributed by atoms with Crippen LogP contribution in [0.2, 0.25) is 5.02 Å². The zero-order valence-corrected chi connectivity index (χ0v) is 8.43. The Balaban J connectivity index is 3.10. The van der Waals surface area contributed by atoms with Crippen LogP contribution in [0.15, 0.2) is 22.7 Å². The standard InChI is InChI=1S/C9H6BrClO/c1-2-9(12)6-3-7(10)5-8(11)4-6/h1,3-5,9,12H. The van der Waals surface area contributed by atoms with E-state index in [2.05, 4.69) is 21.9 Å². The molecule has 0 spiro atoms. The molecule has 1 nitrogen and oxygen atoms in total. The molecule has 1 rings (SSSR count). The smallest absolute Gasteiger partial charge is 0.140 e. The maximum Gasteiger partial charge on any atom is 0.140 e. The van der Waals surface area contributed by atoms with Gasteiger partial charge in [0.25, 0.3) is 0 Å². The molecule has 0 saturated carbocycles. The summed E-state index contributed by atoms with van der Waals surface area (Å²) in [5, 5.41) is 9.81. The summed E-state index contributed by atoms with van der Waals surface area (Å²) in [5.74, 6) is 2.21. The third-order valence-electron chi connectivity index (χ3n) is 1.36. The van der Waals surface area contributed by atoms with Crippen LogP contribution in [0.5, 0.6) is 0 Å². The van der Waals surface area contributed by atoms with Crippen molar-refractivity contribution in [3.63, 3.8) is 0 Å². The molecule has 0 amide bonds. The number of hydrogen-bond donors (Lipinski definition) is 1. The van der Waals surface area contributed by atoms with E-state index in [1.54, 1.807) is 18.2 Å². The van der Waals surface area contributed by atoms with E-state index in [0.717, 1.165) is 4.47 Å². The van der Waals surface area contributed by atoms with Crippen LogP contribution >= 0.6 is 27.5 Å². The minimum Gasteiger partial charge on any atom is -0.376 e. The lowest BCUT2D eigenvalue weighted by molar-refractivity contribution is 0.238. The summed E-state index contributed by atoms with van der Waals surface area (Å²) >= 11 is 8.99. The average Bonchev–Trinajstić information content (AvgIpc) is 2.01. The molecular formula is C9H6BrClO. The van der Waals surface area contributed by atoms with E-state index >= 15 is 0 Å². The molecule has 1 aromatic rings. The molecule has 1 aromatic carbocycles. The average molecular weight is 246 g/mol. The second-order valence-electron chi connectivity index (χ2n) is 2.27. The fourth-order valence-electron chi connectivity index (χ4n) is 0.829. The zero-order chi connectivity index (χ0) is 9.14. The number of rotatable bonds is 1. The molecule has 0 aliphatic rings. The molecule has 0 aromatic heterocycles. The summed E-state index contributed by atoms with van der Waals surface area (Å²) in [6.45, 7) is 0. The SMILES string of the molecule is C#CC(O)c1cc(Cl)cc(Br)c1. The second kappa shape index (κ2) is 3.95. The largest absolute Gasteiger partial charge is 0.376 e. The van der Waals surface area contributed by atoms with Gasteiger partial charge in [-0.05, 0) is 23.8 Å². The monoisotopic (exact) mass is 244 g/mol. The van der Waals surface area contributed by atoms with Crippen LogP contribution in [0.3, 0.4) is 0 Å². The van der Waals surface area contributed by atoms with Crippen molar-refractivity contribution in [3.8, 4) is 12.3 Å². The van der Waals surface area contributed by atoms with Crippen LogP contribution in [0.1, 0.15) is 11.7 Å². The van der Waals surface area contributed by atoms with Crippen molar-refractivity contribution in [2.24, 2.45) is 0 Å². The maximum atomic E-state index is 9.26. The zero-order valence-electron chi connectivity index (χ0n) is 6.09. The van der Waals surface area contributed by atoms with E-state index in [4.69, 9.17) is 18.0 Å². The number of terminal acetylenes is 1. The number of benzene rings is 1. The minimum absolute atomic E-state index is 0.550. The van der Waals surface area contributed by atoms with Gasteiger partial charge in [0.2, 0.25) is 0 Å². The van der Waals surface area contributed by atoms with E-state index in [0.29, 0.717) is 10.6 Å². The number of halogens is 2. The van der Waals surface area contributed by atoms with E-state index in [1.165, 1.54) is 0 Å². The van der Waals surface area contributed by atoms with Crippen LogP contribution in [0, 0.1) is 12.3 Å². The molecule has 0 aliphatic heterocycles. The lowest BCUT2D eigenvalue weighted by atomic mass is 10.1. The van der Waals surface area contributed by atoms with Gasteiger partial charge < -0.3 is 5.11 Å². The van der Waals surface area contributed by atoms with Crippen molar-refractivity contribution in [2.75, 3.05) is 0 Å². The Morgan fingerprint density at radius 3 is 2.67 bits per heavy atom. The van der Waals surface area contributed by atoms with Crippen molar-refractivity contribution in [3.05, 3.63) is 33.3 Å². The molecule has 12 heavy (non-hydrogen) atoms. The normalized spacial score (nSPS) is 12.2. The highest BCUT2D eigenvalue weighted by Gasteiger charge is 2.04. The first-order valence-electron chi connectivity index (χ1n) is 3.23. The van der Waals surface area contributed by atoms with Crippen molar-refractivity contribution in [1.82, 2.24) is 0 Å². The molecule has 0 saturated heterocycles. The summed E-state index contributed by atoms with van der Waals surface area (Å²) in [6, 6.07) is 5.10. The molecule has 0 aliphatic carbocycles. The van der Waals surface area contributed by atoms with Crippen LogP contribution in [0.4, 0.5) is 0 Å². The summed E-state index contributed by atoms with van der Waals surface area (Å²) in [6.07, 6.45) is 4.16. The van der Waals surface area contributed by atoms with Crippen molar-refractivity contribution in [1.29, 1.82) is 0 Å². The number of aliphatic hydroxyl groups is 1. The Hall–Kier alpha value is -0.490. The van der Waals surface area contributed by atoms with Gasteiger partial charge in [-0.15, -0.1) is 6.42 Å². The predicted octanol–water partition coefficient (Wildman–Crippen LogP) is 2.77. The van der Waals surface area contributed by atoms with Gasteiger partial charge in [-0.25, -0.2) is 0 Å². The first-order valence-corrected chi connectivity index (χ1v) is 4.41. The van der Waals surface area contributed by atoms with Gasteiger partial charge in [-0.2, -0.15) is 0 Å². The Labute approximate surface area is 84.5 Å². The van der Waals surface area contributed by atoms with Gasteiger partial charge in [0, 0.05) is 9.50 Å². The van der Waals surface area contributed by atoms with Crippen LogP contribution in [-0.2, 0) is 0 Å². The maximum absolute atomic E-state index is 9.26. The van der Waals surface area contributed by atoms with E-state index in [9.17, 15) is 5.11 Å². The third kappa shape index (κ3) is 2.25. The summed E-state index contributed by atoms with van der Waals surface area (Å²) in [5.41, 5.74) is 0.622. The molecule has 0 fully saturated rings. The lowest BCUT2D eigenvalue weighted by Crippen LogP contribution is -1.92. The molecule has 0 bridgehead atoms. The molecule has 62 valence electrons. The summed E-state index contributed by atoms with van der Waals surface area (Å²) < 4.78 is 0.805. The van der Waals surface area contributed by atoms with Crippen LogP contribution in [0.25, 0.3) is 0 Å². The van der Waals surface area contributed by atoms with Gasteiger partial charge in [0.1, 0.15) is 6.10 Å². The molecular weight excluding hydrogens is 239 g/mol. The van der Waals surface area contributed by atoms with E-state index < -0.39 is 6.10 Å². The van der Waals surface area contributed by atoms with Gasteiger partial charge in [-0.1, -0.05) is 33.5 Å². The van der Waals surface area contributed by atoms with Crippen molar-refractivity contribution >= 4 is 27.5 Å². The fraction of sp³-hybridized carbons (Fsp3) is 0.111. The Morgan fingerprint density at radius 2 is 2.17 bits per heavy atom. The Kier molecular flexibility index (Phi) is 3.16. The number of aliphatic hydroxyl groups excluding tert-OH is 1. The quantitative estimate of drug-likeness (QED) is 0.754. The van der Waals surface area contributed by atoms with Gasteiger partial charge in [-0.3, -0.25) is 0 Å². The minimum atomic E-state index is -0.889. The van der Waals surface area contributed by atoms with Crippen molar-refractivity contribution in [2.45, 2.75) is 6.10 Å². The molecule has 1 N–H and O–H groups in total. The lowest BCUT2D eigenvalue weighted by Gasteiger charge is -2.04. The molecule has 1 atom stereocenters. The summed E-state index contributed by atoms with van der Waals surface area (Å²) in [4.78, 5) is 0.